The van der Waals surface area contributed by atoms with Gasteiger partial charge in [-0.05, 0) is 142 Å². The molecule has 0 saturated carbocycles. The molecule has 6 heterocycles. The average molecular weight is 1010 g/mol. The van der Waals surface area contributed by atoms with E-state index in [9.17, 15) is 0 Å². The first-order chi connectivity index (χ1) is 37.6. The first kappa shape index (κ1) is 42.2. The van der Waals surface area contributed by atoms with Crippen molar-refractivity contribution in [2.45, 2.75) is 10.8 Å². The SMILES string of the molecule is c1ccc(-c2ccc3oc4ccc(-c5cc6c(s5)C5(c7ccccc7Oc7ccccc75)c5cc(-c7ccc8oc9ccc(-c%10ccccc%10)cc9c8c7)sc5C65c6ccccc6Oc6ccccc65)cc4c3c2)cc1. The Morgan fingerprint density at radius 1 is 0.250 bits per heavy atom. The summed E-state index contributed by atoms with van der Waals surface area (Å²) in [5.41, 5.74) is 15.8. The van der Waals surface area contributed by atoms with E-state index in [0.717, 1.165) is 111 Å². The van der Waals surface area contributed by atoms with Crippen molar-refractivity contribution in [2.24, 2.45) is 0 Å². The second-order valence-corrected chi connectivity index (χ2v) is 22.3. The van der Waals surface area contributed by atoms with Gasteiger partial charge in [0.05, 0.1) is 10.8 Å². The zero-order chi connectivity index (χ0) is 49.7. The van der Waals surface area contributed by atoms with E-state index in [0.29, 0.717) is 0 Å². The van der Waals surface area contributed by atoms with Crippen molar-refractivity contribution in [3.05, 3.63) is 286 Å². The molecule has 2 spiro atoms. The molecule has 10 aromatic carbocycles. The lowest BCUT2D eigenvalue weighted by molar-refractivity contribution is 0.418. The number of hydrogen-bond donors (Lipinski definition) is 0. The molecule has 356 valence electrons. The Morgan fingerprint density at radius 2 is 0.553 bits per heavy atom. The molecule has 0 radical (unpaired) electrons. The molecule has 0 unspecified atom stereocenters. The van der Waals surface area contributed by atoms with E-state index in [2.05, 4.69) is 243 Å². The molecule has 0 saturated heterocycles. The maximum absolute atomic E-state index is 6.98. The Hall–Kier alpha value is -9.20. The molecule has 14 aromatic rings. The molecule has 0 atom stereocenters. The third-order valence-corrected chi connectivity index (χ3v) is 18.9. The Bertz CT molecular complexity index is 4290. The smallest absolute Gasteiger partial charge is 0.135 e. The van der Waals surface area contributed by atoms with Crippen LogP contribution in [0.15, 0.2) is 251 Å². The van der Waals surface area contributed by atoms with Crippen LogP contribution in [0.5, 0.6) is 23.0 Å². The van der Waals surface area contributed by atoms with E-state index >= 15 is 0 Å². The quantitative estimate of drug-likeness (QED) is 0.176. The molecule has 0 fully saturated rings. The molecule has 76 heavy (non-hydrogen) atoms. The largest absolute Gasteiger partial charge is 0.457 e. The predicted molar refractivity (Wildman–Crippen MR) is 309 cm³/mol. The van der Waals surface area contributed by atoms with Crippen LogP contribution in [0.2, 0.25) is 0 Å². The van der Waals surface area contributed by atoms with Crippen molar-refractivity contribution in [3.8, 4) is 66.1 Å². The molecule has 0 bridgehead atoms. The van der Waals surface area contributed by atoms with Gasteiger partial charge in [-0.2, -0.15) is 0 Å². The molecule has 4 nitrogen and oxygen atoms in total. The minimum Gasteiger partial charge on any atom is -0.457 e. The summed E-state index contributed by atoms with van der Waals surface area (Å²) < 4.78 is 27.1. The highest BCUT2D eigenvalue weighted by molar-refractivity contribution is 7.17. The van der Waals surface area contributed by atoms with Gasteiger partial charge < -0.3 is 18.3 Å². The summed E-state index contributed by atoms with van der Waals surface area (Å²) >= 11 is 3.78. The number of thiophene rings is 2. The van der Waals surface area contributed by atoms with Crippen LogP contribution >= 0.6 is 22.7 Å². The van der Waals surface area contributed by atoms with Crippen LogP contribution in [0.1, 0.15) is 43.1 Å². The van der Waals surface area contributed by atoms with Gasteiger partial charge in [0, 0.05) is 63.3 Å². The van der Waals surface area contributed by atoms with Crippen LogP contribution < -0.4 is 9.47 Å². The summed E-state index contributed by atoms with van der Waals surface area (Å²) in [6.45, 7) is 0. The average Bonchev–Trinajstić information content (AvgIpc) is 4.34. The van der Waals surface area contributed by atoms with Crippen LogP contribution in [0, 0.1) is 0 Å². The molecule has 6 heteroatoms. The molecular weight excluding hydrogens is 969 g/mol. The lowest BCUT2D eigenvalue weighted by Gasteiger charge is -2.50. The molecule has 2 aliphatic heterocycles. The lowest BCUT2D eigenvalue weighted by atomic mass is 9.54. The fourth-order valence-electron chi connectivity index (χ4n) is 13.0. The van der Waals surface area contributed by atoms with Gasteiger partial charge in [-0.1, -0.05) is 146 Å². The van der Waals surface area contributed by atoms with Gasteiger partial charge in [0.2, 0.25) is 0 Å². The number of furan rings is 2. The van der Waals surface area contributed by atoms with Crippen LogP contribution in [0.4, 0.5) is 0 Å². The third kappa shape index (κ3) is 5.72. The van der Waals surface area contributed by atoms with Crippen molar-refractivity contribution in [3.63, 3.8) is 0 Å². The fourth-order valence-corrected chi connectivity index (χ4v) is 15.9. The number of benzene rings is 10. The van der Waals surface area contributed by atoms with E-state index in [1.807, 2.05) is 22.7 Å². The fraction of sp³-hybridized carbons (Fsp3) is 0.0286. The van der Waals surface area contributed by atoms with E-state index < -0.39 is 10.8 Å². The van der Waals surface area contributed by atoms with E-state index in [4.69, 9.17) is 18.3 Å². The summed E-state index contributed by atoms with van der Waals surface area (Å²) in [5.74, 6) is 3.41. The first-order valence-electron chi connectivity index (χ1n) is 25.7. The van der Waals surface area contributed by atoms with Crippen molar-refractivity contribution in [1.82, 2.24) is 0 Å². The first-order valence-corrected chi connectivity index (χ1v) is 27.3. The number of fused-ring (bicyclic) bond motifs is 20. The van der Waals surface area contributed by atoms with Gasteiger partial charge in [0.1, 0.15) is 45.3 Å². The maximum atomic E-state index is 6.98. The van der Waals surface area contributed by atoms with Gasteiger partial charge in [-0.3, -0.25) is 0 Å². The normalized spacial score (nSPS) is 14.2. The van der Waals surface area contributed by atoms with Crippen LogP contribution in [-0.2, 0) is 10.8 Å². The van der Waals surface area contributed by atoms with Gasteiger partial charge >= 0.3 is 0 Å². The summed E-state index contributed by atoms with van der Waals surface area (Å²) in [6, 6.07) is 87.5. The molecule has 3 aliphatic rings. The molecule has 0 N–H and O–H groups in total. The monoisotopic (exact) mass is 1010 g/mol. The highest BCUT2D eigenvalue weighted by Gasteiger charge is 2.61. The Balaban J connectivity index is 0.969. The summed E-state index contributed by atoms with van der Waals surface area (Å²) in [4.78, 5) is 4.85. The predicted octanol–water partition coefficient (Wildman–Crippen LogP) is 19.6. The second-order valence-electron chi connectivity index (χ2n) is 20.2. The third-order valence-electron chi connectivity index (χ3n) is 16.3. The minimum absolute atomic E-state index is 0.782. The number of hydrogen-bond acceptors (Lipinski definition) is 6. The van der Waals surface area contributed by atoms with Gasteiger partial charge in [0.15, 0.2) is 0 Å². The maximum Gasteiger partial charge on any atom is 0.135 e. The van der Waals surface area contributed by atoms with Crippen LogP contribution in [-0.4, -0.2) is 0 Å². The van der Waals surface area contributed by atoms with Crippen LogP contribution in [0.25, 0.3) is 87.0 Å². The zero-order valence-electron chi connectivity index (χ0n) is 40.5. The van der Waals surface area contributed by atoms with Crippen LogP contribution in [0.3, 0.4) is 0 Å². The summed E-state index contributed by atoms with van der Waals surface area (Å²) in [7, 11) is 0. The van der Waals surface area contributed by atoms with E-state index in [-0.39, 0.29) is 0 Å². The highest BCUT2D eigenvalue weighted by atomic mass is 32.1. The van der Waals surface area contributed by atoms with Gasteiger partial charge in [0.25, 0.3) is 0 Å². The van der Waals surface area contributed by atoms with E-state index in [1.54, 1.807) is 0 Å². The number of para-hydroxylation sites is 4. The van der Waals surface area contributed by atoms with Gasteiger partial charge in [-0.15, -0.1) is 22.7 Å². The topological polar surface area (TPSA) is 44.7 Å². The Kier molecular flexibility index (Phi) is 8.70. The Morgan fingerprint density at radius 3 is 0.908 bits per heavy atom. The molecule has 1 aliphatic carbocycles. The van der Waals surface area contributed by atoms with Crippen molar-refractivity contribution < 1.29 is 18.3 Å². The standard InChI is InChI=1S/C70H40O4S2/c1-3-15-41(16-4-1)43-27-31-57-47(35-43)49-37-45(29-33-59(49)71-57)65-39-55-67(75-65)70(53-21-9-13-25-63(53)74-64-26-14-10-22-54(64)70)56-40-66(76-68(56)69(55)51-19-7-11-23-61(51)73-62-24-12-8-20-52(62)69)46-30-34-60-50(38-46)48-36-44(28-32-58(48)72-60)42-17-5-2-6-18-42/h1-40H. The molecule has 4 aromatic heterocycles. The summed E-state index contributed by atoms with van der Waals surface area (Å²) in [6.07, 6.45) is 0. The van der Waals surface area contributed by atoms with Crippen molar-refractivity contribution in [1.29, 1.82) is 0 Å². The number of rotatable bonds is 4. The van der Waals surface area contributed by atoms with E-state index in [1.165, 1.54) is 41.8 Å². The van der Waals surface area contributed by atoms with Crippen molar-refractivity contribution >= 4 is 66.6 Å². The lowest BCUT2D eigenvalue weighted by Crippen LogP contribution is -2.45. The highest BCUT2D eigenvalue weighted by Crippen LogP contribution is 2.70. The zero-order valence-corrected chi connectivity index (χ0v) is 42.2. The van der Waals surface area contributed by atoms with Gasteiger partial charge in [-0.25, -0.2) is 0 Å². The molecule has 0 amide bonds. The van der Waals surface area contributed by atoms with Crippen molar-refractivity contribution in [2.75, 3.05) is 0 Å². The number of ether oxygens (including phenoxy) is 2. The Labute approximate surface area is 444 Å². The summed E-state index contributed by atoms with van der Waals surface area (Å²) in [5, 5.41) is 4.37. The molecular formula is C70H40O4S2. The minimum atomic E-state index is -0.782. The molecule has 17 rings (SSSR count). The second kappa shape index (κ2) is 15.7.